The van der Waals surface area contributed by atoms with E-state index in [2.05, 4.69) is 77.6 Å². The summed E-state index contributed by atoms with van der Waals surface area (Å²) in [5, 5.41) is 6.93. The molecule has 6 nitrogen and oxygen atoms in total. The maximum Gasteiger partial charge on any atom is 0.191 e. The smallest absolute Gasteiger partial charge is 0.191 e. The minimum atomic E-state index is 0.481. The second-order valence-corrected chi connectivity index (χ2v) is 7.33. The maximum atomic E-state index is 5.49. The number of rotatable bonds is 7. The lowest BCUT2D eigenvalue weighted by atomic mass is 10.0. The fraction of sp³-hybridized carbons (Fsp3) is 0.650. The van der Waals surface area contributed by atoms with Crippen molar-refractivity contribution >= 4 is 11.6 Å². The van der Waals surface area contributed by atoms with Crippen molar-refractivity contribution in [1.82, 2.24) is 15.5 Å². The van der Waals surface area contributed by atoms with Crippen LogP contribution in [0.3, 0.4) is 0 Å². The van der Waals surface area contributed by atoms with Gasteiger partial charge in [0.25, 0.3) is 0 Å². The number of aliphatic imine (C=N–C) groups is 1. The predicted molar refractivity (Wildman–Crippen MR) is 110 cm³/mol. The molecule has 0 aromatic heterocycles. The van der Waals surface area contributed by atoms with Crippen molar-refractivity contribution in [3.8, 4) is 0 Å². The van der Waals surface area contributed by atoms with Crippen molar-refractivity contribution in [2.24, 2.45) is 10.9 Å². The van der Waals surface area contributed by atoms with E-state index in [1.165, 1.54) is 11.3 Å². The monoisotopic (exact) mass is 361 g/mol. The summed E-state index contributed by atoms with van der Waals surface area (Å²) >= 11 is 0. The van der Waals surface area contributed by atoms with E-state index in [-0.39, 0.29) is 0 Å². The van der Waals surface area contributed by atoms with E-state index in [1.54, 1.807) is 0 Å². The summed E-state index contributed by atoms with van der Waals surface area (Å²) in [6, 6.07) is 9.03. The largest absolute Gasteiger partial charge is 0.379 e. The molecular formula is C20H35N5O. The van der Waals surface area contributed by atoms with Gasteiger partial charge in [0, 0.05) is 59.1 Å². The number of benzene rings is 1. The fourth-order valence-corrected chi connectivity index (χ4v) is 3.25. The molecule has 0 radical (unpaired) electrons. The molecule has 1 heterocycles. The molecule has 146 valence electrons. The Labute approximate surface area is 158 Å². The van der Waals surface area contributed by atoms with Gasteiger partial charge in [0.1, 0.15) is 0 Å². The normalized spacial score (nSPS) is 17.2. The first-order valence-electron chi connectivity index (χ1n) is 9.54. The fourth-order valence-electron chi connectivity index (χ4n) is 3.25. The molecule has 1 aromatic rings. The molecule has 1 aromatic carbocycles. The molecular weight excluding hydrogens is 326 g/mol. The number of nitrogens with zero attached hydrogens (tertiary/aromatic N) is 3. The molecule has 6 heteroatoms. The Hall–Kier alpha value is -1.79. The van der Waals surface area contributed by atoms with Crippen LogP contribution < -0.4 is 15.5 Å². The van der Waals surface area contributed by atoms with Gasteiger partial charge in [-0.25, -0.2) is 0 Å². The van der Waals surface area contributed by atoms with Crippen molar-refractivity contribution in [1.29, 1.82) is 0 Å². The number of morpholine rings is 1. The molecule has 1 atom stereocenters. The molecule has 0 aliphatic carbocycles. The van der Waals surface area contributed by atoms with Crippen LogP contribution in [-0.4, -0.2) is 70.9 Å². The van der Waals surface area contributed by atoms with Crippen molar-refractivity contribution in [2.45, 2.75) is 26.4 Å². The predicted octanol–water partition coefficient (Wildman–Crippen LogP) is 1.77. The summed E-state index contributed by atoms with van der Waals surface area (Å²) in [5.41, 5.74) is 2.45. The van der Waals surface area contributed by atoms with Crippen LogP contribution >= 0.6 is 0 Å². The van der Waals surface area contributed by atoms with Gasteiger partial charge in [0.2, 0.25) is 0 Å². The second-order valence-electron chi connectivity index (χ2n) is 7.33. The number of anilines is 1. The first-order chi connectivity index (χ1) is 12.5. The quantitative estimate of drug-likeness (QED) is 0.573. The van der Waals surface area contributed by atoms with E-state index in [4.69, 9.17) is 4.74 Å². The summed E-state index contributed by atoms with van der Waals surface area (Å²) in [7, 11) is 5.94. The van der Waals surface area contributed by atoms with Crippen LogP contribution in [0.1, 0.15) is 19.4 Å². The van der Waals surface area contributed by atoms with Gasteiger partial charge >= 0.3 is 0 Å². The van der Waals surface area contributed by atoms with Crippen LogP contribution in [0.4, 0.5) is 5.69 Å². The molecule has 0 saturated carbocycles. The Kier molecular flexibility index (Phi) is 8.19. The van der Waals surface area contributed by atoms with E-state index in [0.29, 0.717) is 12.0 Å². The minimum absolute atomic E-state index is 0.481. The van der Waals surface area contributed by atoms with Crippen LogP contribution in [0, 0.1) is 5.92 Å². The zero-order valence-electron chi connectivity index (χ0n) is 17.0. The van der Waals surface area contributed by atoms with E-state index in [1.807, 2.05) is 7.05 Å². The third kappa shape index (κ3) is 6.18. The van der Waals surface area contributed by atoms with Gasteiger partial charge in [-0.05, 0) is 23.6 Å². The molecule has 2 rings (SSSR count). The number of guanidine groups is 1. The lowest BCUT2D eigenvalue weighted by molar-refractivity contribution is 0.00752. The number of nitrogens with one attached hydrogen (secondary N) is 2. The van der Waals surface area contributed by atoms with Crippen LogP contribution in [0.2, 0.25) is 0 Å². The van der Waals surface area contributed by atoms with Gasteiger partial charge in [-0.15, -0.1) is 0 Å². The molecule has 0 bridgehead atoms. The van der Waals surface area contributed by atoms with Crippen LogP contribution in [-0.2, 0) is 11.3 Å². The average molecular weight is 362 g/mol. The first kappa shape index (κ1) is 20.5. The summed E-state index contributed by atoms with van der Waals surface area (Å²) in [5.74, 6) is 1.43. The second kappa shape index (κ2) is 10.4. The van der Waals surface area contributed by atoms with Gasteiger partial charge in [0.05, 0.1) is 13.2 Å². The van der Waals surface area contributed by atoms with Crippen LogP contribution in [0.25, 0.3) is 0 Å². The molecule has 1 saturated heterocycles. The van der Waals surface area contributed by atoms with E-state index >= 15 is 0 Å². The number of ether oxygens (including phenoxy) is 1. The number of hydrogen-bond donors (Lipinski definition) is 2. The summed E-state index contributed by atoms with van der Waals surface area (Å²) < 4.78 is 5.49. The Morgan fingerprint density at radius 3 is 2.58 bits per heavy atom. The van der Waals surface area contributed by atoms with Gasteiger partial charge in [0.15, 0.2) is 5.96 Å². The lowest BCUT2D eigenvalue weighted by Gasteiger charge is -2.37. The van der Waals surface area contributed by atoms with Crippen LogP contribution in [0.15, 0.2) is 29.3 Å². The van der Waals surface area contributed by atoms with Gasteiger partial charge < -0.3 is 20.3 Å². The Morgan fingerprint density at radius 1 is 1.23 bits per heavy atom. The highest BCUT2D eigenvalue weighted by molar-refractivity contribution is 5.79. The van der Waals surface area contributed by atoms with E-state index in [9.17, 15) is 0 Å². The number of hydrogen-bond acceptors (Lipinski definition) is 4. The Bertz CT molecular complexity index is 567. The third-order valence-electron chi connectivity index (χ3n) is 4.87. The Balaban J connectivity index is 1.87. The lowest BCUT2D eigenvalue weighted by Crippen LogP contribution is -2.52. The Morgan fingerprint density at radius 2 is 1.96 bits per heavy atom. The zero-order chi connectivity index (χ0) is 18.9. The highest BCUT2D eigenvalue weighted by Gasteiger charge is 2.23. The van der Waals surface area contributed by atoms with Crippen molar-refractivity contribution in [3.63, 3.8) is 0 Å². The van der Waals surface area contributed by atoms with Crippen molar-refractivity contribution in [2.75, 3.05) is 58.9 Å². The van der Waals surface area contributed by atoms with Gasteiger partial charge in [-0.1, -0.05) is 26.0 Å². The van der Waals surface area contributed by atoms with Gasteiger partial charge in [-0.2, -0.15) is 0 Å². The van der Waals surface area contributed by atoms with Crippen molar-refractivity contribution in [3.05, 3.63) is 29.8 Å². The van der Waals surface area contributed by atoms with Crippen LogP contribution in [0.5, 0.6) is 0 Å². The molecule has 1 aliphatic heterocycles. The maximum absolute atomic E-state index is 5.49. The molecule has 0 spiro atoms. The standard InChI is InChI=1S/C20H35N5O/c1-16(2)19(25-9-11-26-12-10-25)15-23-20(21-3)22-14-17-7-6-8-18(13-17)24(4)5/h6-8,13,16,19H,9-12,14-15H2,1-5H3,(H2,21,22,23). The SMILES string of the molecule is CN=C(NCc1cccc(N(C)C)c1)NCC(C(C)C)N1CCOCC1. The molecule has 1 fully saturated rings. The first-order valence-corrected chi connectivity index (χ1v) is 9.54. The zero-order valence-corrected chi connectivity index (χ0v) is 17.0. The minimum Gasteiger partial charge on any atom is -0.379 e. The molecule has 2 N–H and O–H groups in total. The third-order valence-corrected chi connectivity index (χ3v) is 4.87. The van der Waals surface area contributed by atoms with E-state index < -0.39 is 0 Å². The molecule has 0 amide bonds. The summed E-state index contributed by atoms with van der Waals surface area (Å²) in [6.07, 6.45) is 0. The highest BCUT2D eigenvalue weighted by atomic mass is 16.5. The molecule has 1 unspecified atom stereocenters. The van der Waals surface area contributed by atoms with Crippen molar-refractivity contribution < 1.29 is 4.74 Å². The van der Waals surface area contributed by atoms with E-state index in [0.717, 1.165) is 45.4 Å². The summed E-state index contributed by atoms with van der Waals surface area (Å²) in [4.78, 5) is 9.02. The molecule has 26 heavy (non-hydrogen) atoms. The molecule has 1 aliphatic rings. The summed E-state index contributed by atoms with van der Waals surface area (Å²) in [6.45, 7) is 9.88. The highest BCUT2D eigenvalue weighted by Crippen LogP contribution is 2.14. The topological polar surface area (TPSA) is 52.1 Å². The average Bonchev–Trinajstić information content (AvgIpc) is 2.65. The van der Waals surface area contributed by atoms with Gasteiger partial charge in [-0.3, -0.25) is 9.89 Å².